The van der Waals surface area contributed by atoms with E-state index < -0.39 is 0 Å². The molecule has 0 saturated carbocycles. The number of nitrogens with zero attached hydrogens (tertiary/aromatic N) is 5. The van der Waals surface area contributed by atoms with Crippen molar-refractivity contribution in [2.45, 2.75) is 19.4 Å². The van der Waals surface area contributed by atoms with Gasteiger partial charge in [0, 0.05) is 50.0 Å². The number of hydrogen-bond donors (Lipinski definition) is 1. The predicted octanol–water partition coefficient (Wildman–Crippen LogP) is 1.48. The number of nitrogens with one attached hydrogen (secondary N) is 1. The van der Waals surface area contributed by atoms with E-state index in [1.54, 1.807) is 25.6 Å². The molecule has 0 spiro atoms. The number of rotatable bonds is 6. The summed E-state index contributed by atoms with van der Waals surface area (Å²) in [6.07, 6.45) is 4.14. The van der Waals surface area contributed by atoms with Crippen molar-refractivity contribution in [2.24, 2.45) is 0 Å². The number of piperazine rings is 1. The summed E-state index contributed by atoms with van der Waals surface area (Å²) in [6.45, 7) is 5.14. The van der Waals surface area contributed by atoms with Gasteiger partial charge in [-0.05, 0) is 6.42 Å². The summed E-state index contributed by atoms with van der Waals surface area (Å²) < 4.78 is 5.16. The highest BCUT2D eigenvalue weighted by molar-refractivity contribution is 7.13. The molecule has 8 nitrogen and oxygen atoms in total. The van der Waals surface area contributed by atoms with Gasteiger partial charge >= 0.3 is 0 Å². The van der Waals surface area contributed by atoms with Gasteiger partial charge in [-0.15, -0.1) is 11.3 Å². The Balaban J connectivity index is 1.59. The molecule has 0 radical (unpaired) electrons. The summed E-state index contributed by atoms with van der Waals surface area (Å²) in [7, 11) is 1.59. The molecule has 0 aromatic carbocycles. The smallest absolute Gasteiger partial charge is 0.243 e. The monoisotopic (exact) mass is 362 g/mol. The van der Waals surface area contributed by atoms with Crippen LogP contribution in [0.5, 0.6) is 5.88 Å². The van der Waals surface area contributed by atoms with Crippen LogP contribution >= 0.6 is 11.3 Å². The van der Waals surface area contributed by atoms with Crippen LogP contribution in [0.2, 0.25) is 0 Å². The highest BCUT2D eigenvalue weighted by atomic mass is 32.1. The molecule has 2 aromatic heterocycles. The number of aromatic nitrogens is 3. The number of methoxy groups -OCH3 is 1. The van der Waals surface area contributed by atoms with E-state index in [1.807, 2.05) is 12.3 Å². The molecule has 134 valence electrons. The predicted molar refractivity (Wildman–Crippen MR) is 97.2 cm³/mol. The first-order chi connectivity index (χ1) is 12.2. The molecule has 1 N–H and O–H groups in total. The van der Waals surface area contributed by atoms with E-state index in [0.717, 1.165) is 32.6 Å². The maximum Gasteiger partial charge on any atom is 0.243 e. The van der Waals surface area contributed by atoms with E-state index in [1.165, 1.54) is 11.3 Å². The van der Waals surface area contributed by atoms with Gasteiger partial charge in [-0.1, -0.05) is 6.92 Å². The SMILES string of the molecule is CCC(C(=O)Nc1nccs1)N1CCN(c2nccc(OC)n2)CC1. The fourth-order valence-electron chi connectivity index (χ4n) is 2.92. The Labute approximate surface area is 150 Å². The van der Waals surface area contributed by atoms with Crippen molar-refractivity contribution in [3.8, 4) is 5.88 Å². The van der Waals surface area contributed by atoms with Crippen LogP contribution in [0.3, 0.4) is 0 Å². The molecule has 1 saturated heterocycles. The number of amides is 1. The minimum Gasteiger partial charge on any atom is -0.481 e. The van der Waals surface area contributed by atoms with E-state index in [9.17, 15) is 4.79 Å². The van der Waals surface area contributed by atoms with Gasteiger partial charge in [0.1, 0.15) is 0 Å². The Morgan fingerprint density at radius 2 is 2.12 bits per heavy atom. The highest BCUT2D eigenvalue weighted by Crippen LogP contribution is 2.18. The summed E-state index contributed by atoms with van der Waals surface area (Å²) >= 11 is 1.43. The lowest BCUT2D eigenvalue weighted by molar-refractivity contribution is -0.121. The Morgan fingerprint density at radius 3 is 2.76 bits per heavy atom. The molecule has 25 heavy (non-hydrogen) atoms. The minimum atomic E-state index is -0.155. The average molecular weight is 362 g/mol. The first-order valence-electron chi connectivity index (χ1n) is 8.27. The maximum absolute atomic E-state index is 12.5. The lowest BCUT2D eigenvalue weighted by Crippen LogP contribution is -2.54. The second-order valence-corrected chi connectivity index (χ2v) is 6.57. The highest BCUT2D eigenvalue weighted by Gasteiger charge is 2.29. The van der Waals surface area contributed by atoms with Gasteiger partial charge < -0.3 is 15.0 Å². The van der Waals surface area contributed by atoms with Crippen molar-refractivity contribution in [2.75, 3.05) is 43.5 Å². The number of carbonyl (C=O) groups excluding carboxylic acids is 1. The summed E-state index contributed by atoms with van der Waals surface area (Å²) in [6, 6.07) is 1.58. The van der Waals surface area contributed by atoms with Crippen molar-refractivity contribution < 1.29 is 9.53 Å². The van der Waals surface area contributed by atoms with E-state index in [2.05, 4.69) is 30.1 Å². The van der Waals surface area contributed by atoms with Gasteiger partial charge in [0.2, 0.25) is 17.7 Å². The van der Waals surface area contributed by atoms with E-state index in [-0.39, 0.29) is 11.9 Å². The van der Waals surface area contributed by atoms with Crippen molar-refractivity contribution in [3.05, 3.63) is 23.8 Å². The molecule has 1 amide bonds. The lowest BCUT2D eigenvalue weighted by Gasteiger charge is -2.38. The Kier molecular flexibility index (Phi) is 5.77. The normalized spacial score (nSPS) is 16.5. The van der Waals surface area contributed by atoms with Crippen molar-refractivity contribution >= 4 is 28.3 Å². The fourth-order valence-corrected chi connectivity index (χ4v) is 3.45. The third-order valence-corrected chi connectivity index (χ3v) is 4.90. The van der Waals surface area contributed by atoms with Crippen LogP contribution < -0.4 is 15.0 Å². The van der Waals surface area contributed by atoms with Crippen molar-refractivity contribution in [1.29, 1.82) is 0 Å². The summed E-state index contributed by atoms with van der Waals surface area (Å²) in [4.78, 5) is 29.7. The number of anilines is 2. The molecule has 3 heterocycles. The summed E-state index contributed by atoms with van der Waals surface area (Å²) in [5.74, 6) is 1.23. The maximum atomic E-state index is 12.5. The number of ether oxygens (including phenoxy) is 1. The van der Waals surface area contributed by atoms with Gasteiger partial charge in [0.05, 0.1) is 13.2 Å². The standard InChI is InChI=1S/C16H22N6O2S/c1-3-12(14(23)20-16-18-6-11-25-16)21-7-9-22(10-8-21)15-17-5-4-13(19-15)24-2/h4-6,11-12H,3,7-10H2,1-2H3,(H,18,20,23). The fraction of sp³-hybridized carbons (Fsp3) is 0.500. The lowest BCUT2D eigenvalue weighted by atomic mass is 10.1. The van der Waals surface area contributed by atoms with Crippen LogP contribution in [-0.4, -0.2) is 65.1 Å². The summed E-state index contributed by atoms with van der Waals surface area (Å²) in [5, 5.41) is 5.40. The first kappa shape index (κ1) is 17.6. The molecular formula is C16H22N6O2S. The van der Waals surface area contributed by atoms with Crippen molar-refractivity contribution in [1.82, 2.24) is 19.9 Å². The zero-order valence-corrected chi connectivity index (χ0v) is 15.2. The average Bonchev–Trinajstić information content (AvgIpc) is 3.16. The molecule has 1 unspecified atom stereocenters. The van der Waals surface area contributed by atoms with Crippen LogP contribution in [0, 0.1) is 0 Å². The molecule has 2 aromatic rings. The van der Waals surface area contributed by atoms with Crippen LogP contribution in [0.25, 0.3) is 0 Å². The molecule has 0 aliphatic carbocycles. The second kappa shape index (κ2) is 8.21. The van der Waals surface area contributed by atoms with E-state index in [0.29, 0.717) is 17.0 Å². The number of carbonyl (C=O) groups is 1. The largest absolute Gasteiger partial charge is 0.481 e. The van der Waals surface area contributed by atoms with Crippen LogP contribution in [0.4, 0.5) is 11.1 Å². The van der Waals surface area contributed by atoms with Gasteiger partial charge in [0.25, 0.3) is 0 Å². The Bertz CT molecular complexity index is 688. The third kappa shape index (κ3) is 4.23. The molecule has 0 bridgehead atoms. The van der Waals surface area contributed by atoms with Crippen LogP contribution in [-0.2, 0) is 4.79 Å². The topological polar surface area (TPSA) is 83.5 Å². The first-order valence-corrected chi connectivity index (χ1v) is 9.15. The molecule has 1 aliphatic heterocycles. The van der Waals surface area contributed by atoms with Gasteiger partial charge in [-0.2, -0.15) is 4.98 Å². The Morgan fingerprint density at radius 1 is 1.32 bits per heavy atom. The van der Waals surface area contributed by atoms with Crippen LogP contribution in [0.1, 0.15) is 13.3 Å². The molecule has 3 rings (SSSR count). The number of thiazole rings is 1. The van der Waals surface area contributed by atoms with Crippen molar-refractivity contribution in [3.63, 3.8) is 0 Å². The summed E-state index contributed by atoms with van der Waals surface area (Å²) in [5.41, 5.74) is 0. The van der Waals surface area contributed by atoms with Gasteiger partial charge in [0.15, 0.2) is 5.13 Å². The molecular weight excluding hydrogens is 340 g/mol. The quantitative estimate of drug-likeness (QED) is 0.833. The molecule has 1 aliphatic rings. The van der Waals surface area contributed by atoms with Crippen LogP contribution in [0.15, 0.2) is 23.8 Å². The third-order valence-electron chi connectivity index (χ3n) is 4.22. The Hall–Kier alpha value is -2.26. The zero-order valence-electron chi connectivity index (χ0n) is 14.4. The molecule has 9 heteroatoms. The van der Waals surface area contributed by atoms with E-state index >= 15 is 0 Å². The zero-order chi connectivity index (χ0) is 17.6. The van der Waals surface area contributed by atoms with Gasteiger partial charge in [-0.25, -0.2) is 9.97 Å². The molecule has 1 fully saturated rings. The second-order valence-electron chi connectivity index (χ2n) is 5.67. The molecule has 1 atom stereocenters. The van der Waals surface area contributed by atoms with E-state index in [4.69, 9.17) is 4.74 Å². The number of hydrogen-bond acceptors (Lipinski definition) is 8. The van der Waals surface area contributed by atoms with Gasteiger partial charge in [-0.3, -0.25) is 9.69 Å². The minimum absolute atomic E-state index is 0.00327.